The van der Waals surface area contributed by atoms with E-state index in [0.29, 0.717) is 10.8 Å². The molecular formula is C15H28. The fraction of sp³-hybridized carbons (Fsp3) is 0.867. The Balaban J connectivity index is 2.89. The summed E-state index contributed by atoms with van der Waals surface area (Å²) in [6, 6.07) is 0. The highest BCUT2D eigenvalue weighted by Gasteiger charge is 2.39. The van der Waals surface area contributed by atoms with Gasteiger partial charge in [-0.25, -0.2) is 0 Å². The fourth-order valence-corrected chi connectivity index (χ4v) is 3.48. The lowest BCUT2D eigenvalue weighted by molar-refractivity contribution is 0.108. The zero-order valence-electron chi connectivity index (χ0n) is 11.3. The Morgan fingerprint density at radius 2 is 1.67 bits per heavy atom. The van der Waals surface area contributed by atoms with Crippen LogP contribution in [0.1, 0.15) is 73.1 Å². The molecule has 0 saturated heterocycles. The molecule has 0 heteroatoms. The number of rotatable bonds is 3. The number of hydrogen-bond acceptors (Lipinski definition) is 0. The molecule has 0 aliphatic heterocycles. The fourth-order valence-electron chi connectivity index (χ4n) is 3.48. The van der Waals surface area contributed by atoms with Gasteiger partial charge in [-0.2, -0.15) is 0 Å². The van der Waals surface area contributed by atoms with Crippen LogP contribution in [0.5, 0.6) is 0 Å². The van der Waals surface area contributed by atoms with Gasteiger partial charge in [-0.15, -0.1) is 0 Å². The van der Waals surface area contributed by atoms with E-state index in [1.54, 1.807) is 5.57 Å². The lowest BCUT2D eigenvalue weighted by Crippen LogP contribution is -2.33. The van der Waals surface area contributed by atoms with Crippen molar-refractivity contribution in [1.29, 1.82) is 0 Å². The highest BCUT2D eigenvalue weighted by Crippen LogP contribution is 2.51. The van der Waals surface area contributed by atoms with Crippen LogP contribution in [0.15, 0.2) is 11.6 Å². The van der Waals surface area contributed by atoms with Crippen LogP contribution in [0.4, 0.5) is 0 Å². The standard InChI is InChI=1S/C15H28/c1-6-9-13-10-14(4,5)12-15(7-2,8-3)11-13/h9H,6-8,10-12H2,1-5H3. The minimum atomic E-state index is 0.519. The maximum Gasteiger partial charge on any atom is -0.0260 e. The maximum atomic E-state index is 2.47. The predicted octanol–water partition coefficient (Wildman–Crippen LogP) is 5.34. The van der Waals surface area contributed by atoms with Gasteiger partial charge in [-0.1, -0.05) is 59.1 Å². The zero-order chi connectivity index (χ0) is 11.5. The number of hydrogen-bond donors (Lipinski definition) is 0. The van der Waals surface area contributed by atoms with Crippen molar-refractivity contribution in [3.05, 3.63) is 11.6 Å². The molecule has 1 aliphatic carbocycles. The highest BCUT2D eigenvalue weighted by atomic mass is 14.4. The van der Waals surface area contributed by atoms with Crippen molar-refractivity contribution < 1.29 is 0 Å². The van der Waals surface area contributed by atoms with E-state index in [2.05, 4.69) is 40.7 Å². The molecule has 0 aromatic carbocycles. The van der Waals surface area contributed by atoms with Gasteiger partial charge in [0.05, 0.1) is 0 Å². The van der Waals surface area contributed by atoms with Gasteiger partial charge >= 0.3 is 0 Å². The van der Waals surface area contributed by atoms with Crippen LogP contribution in [0.25, 0.3) is 0 Å². The van der Waals surface area contributed by atoms with E-state index in [-0.39, 0.29) is 0 Å². The third-order valence-electron chi connectivity index (χ3n) is 4.15. The van der Waals surface area contributed by atoms with E-state index in [0.717, 1.165) is 0 Å². The van der Waals surface area contributed by atoms with Crippen molar-refractivity contribution in [2.45, 2.75) is 73.1 Å². The van der Waals surface area contributed by atoms with Crippen LogP contribution in [0, 0.1) is 10.8 Å². The Hall–Kier alpha value is -0.260. The van der Waals surface area contributed by atoms with E-state index < -0.39 is 0 Å². The summed E-state index contributed by atoms with van der Waals surface area (Å²) in [5, 5.41) is 0. The van der Waals surface area contributed by atoms with Crippen LogP contribution in [-0.2, 0) is 0 Å². The van der Waals surface area contributed by atoms with Crippen molar-refractivity contribution >= 4 is 0 Å². The first-order valence-electron chi connectivity index (χ1n) is 6.65. The van der Waals surface area contributed by atoms with Crippen LogP contribution >= 0.6 is 0 Å². The molecule has 0 atom stereocenters. The summed E-state index contributed by atoms with van der Waals surface area (Å²) >= 11 is 0. The molecule has 0 N–H and O–H groups in total. The Labute approximate surface area is 96.2 Å². The molecule has 1 saturated carbocycles. The van der Waals surface area contributed by atoms with Gasteiger partial charge in [-0.3, -0.25) is 0 Å². The van der Waals surface area contributed by atoms with Gasteiger partial charge < -0.3 is 0 Å². The summed E-state index contributed by atoms with van der Waals surface area (Å²) in [6.45, 7) is 11.9. The monoisotopic (exact) mass is 208 g/mol. The summed E-state index contributed by atoms with van der Waals surface area (Å²) in [6.07, 6.45) is 10.5. The second-order valence-corrected chi connectivity index (χ2v) is 6.17. The molecule has 88 valence electrons. The summed E-state index contributed by atoms with van der Waals surface area (Å²) in [5.41, 5.74) is 2.84. The van der Waals surface area contributed by atoms with Gasteiger partial charge in [0.15, 0.2) is 0 Å². The van der Waals surface area contributed by atoms with E-state index in [1.165, 1.54) is 38.5 Å². The summed E-state index contributed by atoms with van der Waals surface area (Å²) in [4.78, 5) is 0. The zero-order valence-corrected chi connectivity index (χ0v) is 11.3. The Morgan fingerprint density at radius 1 is 1.07 bits per heavy atom. The average Bonchev–Trinajstić information content (AvgIpc) is 2.16. The quantitative estimate of drug-likeness (QED) is 0.549. The minimum Gasteiger partial charge on any atom is -0.0856 e. The largest absolute Gasteiger partial charge is 0.0856 e. The van der Waals surface area contributed by atoms with Crippen LogP contribution in [0.2, 0.25) is 0 Å². The van der Waals surface area contributed by atoms with Crippen molar-refractivity contribution in [1.82, 2.24) is 0 Å². The third-order valence-corrected chi connectivity index (χ3v) is 4.15. The van der Waals surface area contributed by atoms with E-state index in [1.807, 2.05) is 0 Å². The average molecular weight is 208 g/mol. The molecule has 0 amide bonds. The van der Waals surface area contributed by atoms with Gasteiger partial charge in [0.1, 0.15) is 0 Å². The molecule has 0 heterocycles. The smallest absolute Gasteiger partial charge is 0.0260 e. The normalized spacial score (nSPS) is 26.9. The van der Waals surface area contributed by atoms with Crippen molar-refractivity contribution in [3.8, 4) is 0 Å². The first kappa shape index (κ1) is 12.8. The van der Waals surface area contributed by atoms with Gasteiger partial charge in [-0.05, 0) is 36.5 Å². The Kier molecular flexibility index (Phi) is 4.03. The molecule has 1 aliphatic rings. The third kappa shape index (κ3) is 3.09. The molecule has 0 radical (unpaired) electrons. The van der Waals surface area contributed by atoms with E-state index >= 15 is 0 Å². The van der Waals surface area contributed by atoms with Crippen molar-refractivity contribution in [3.63, 3.8) is 0 Å². The van der Waals surface area contributed by atoms with Gasteiger partial charge in [0, 0.05) is 0 Å². The SMILES string of the molecule is CCC=C1CC(C)(C)CC(CC)(CC)C1. The highest BCUT2D eigenvalue weighted by molar-refractivity contribution is 5.13. The second-order valence-electron chi connectivity index (χ2n) is 6.17. The van der Waals surface area contributed by atoms with Gasteiger partial charge in [0.25, 0.3) is 0 Å². The molecule has 15 heavy (non-hydrogen) atoms. The van der Waals surface area contributed by atoms with Crippen molar-refractivity contribution in [2.24, 2.45) is 10.8 Å². The minimum absolute atomic E-state index is 0.519. The lowest BCUT2D eigenvalue weighted by atomic mass is 9.60. The molecule has 1 rings (SSSR count). The van der Waals surface area contributed by atoms with Crippen LogP contribution in [-0.4, -0.2) is 0 Å². The predicted molar refractivity (Wildman–Crippen MR) is 69.0 cm³/mol. The second kappa shape index (κ2) is 4.72. The number of allylic oxidation sites excluding steroid dienone is 2. The molecule has 0 nitrogen and oxygen atoms in total. The first-order valence-corrected chi connectivity index (χ1v) is 6.65. The molecular weight excluding hydrogens is 180 g/mol. The molecule has 1 fully saturated rings. The van der Waals surface area contributed by atoms with Crippen LogP contribution < -0.4 is 0 Å². The Bertz CT molecular complexity index is 228. The lowest BCUT2D eigenvalue weighted by Gasteiger charge is -2.45. The first-order chi connectivity index (χ1) is 6.97. The van der Waals surface area contributed by atoms with E-state index in [9.17, 15) is 0 Å². The molecule has 0 aromatic rings. The molecule has 0 bridgehead atoms. The van der Waals surface area contributed by atoms with Crippen LogP contribution in [0.3, 0.4) is 0 Å². The summed E-state index contributed by atoms with van der Waals surface area (Å²) < 4.78 is 0. The van der Waals surface area contributed by atoms with E-state index in [4.69, 9.17) is 0 Å². The van der Waals surface area contributed by atoms with Gasteiger partial charge in [0.2, 0.25) is 0 Å². The summed E-state index contributed by atoms with van der Waals surface area (Å²) in [5.74, 6) is 0. The van der Waals surface area contributed by atoms with Crippen molar-refractivity contribution in [2.75, 3.05) is 0 Å². The Morgan fingerprint density at radius 3 is 2.13 bits per heavy atom. The molecule has 0 spiro atoms. The topological polar surface area (TPSA) is 0 Å². The maximum absolute atomic E-state index is 2.47. The molecule has 0 unspecified atom stereocenters. The molecule has 0 aromatic heterocycles. The summed E-state index contributed by atoms with van der Waals surface area (Å²) in [7, 11) is 0.